The van der Waals surface area contributed by atoms with Crippen molar-refractivity contribution in [3.8, 4) is 0 Å². The Balaban J connectivity index is 1.84. The number of carbonyl (C=O) groups is 1. The van der Waals surface area contributed by atoms with Gasteiger partial charge in [0.25, 0.3) is 0 Å². The number of anilines is 2. The molecule has 0 saturated carbocycles. The Morgan fingerprint density at radius 2 is 1.78 bits per heavy atom. The molecule has 1 aromatic carbocycles. The molecule has 0 aliphatic heterocycles. The van der Waals surface area contributed by atoms with Crippen LogP contribution in [0.5, 0.6) is 0 Å². The molecule has 7 nitrogen and oxygen atoms in total. The summed E-state index contributed by atoms with van der Waals surface area (Å²) in [6.07, 6.45) is 3.96. The van der Waals surface area contributed by atoms with E-state index in [1.165, 1.54) is 12.1 Å². The Kier molecular flexibility index (Phi) is 7.32. The third-order valence-electron chi connectivity index (χ3n) is 4.36. The molecule has 4 N–H and O–H groups in total. The zero-order chi connectivity index (χ0) is 19.9. The van der Waals surface area contributed by atoms with Gasteiger partial charge in [0.05, 0.1) is 16.8 Å². The van der Waals surface area contributed by atoms with E-state index >= 15 is 0 Å². The number of benzene rings is 1. The second kappa shape index (κ2) is 9.48. The highest BCUT2D eigenvalue weighted by Gasteiger charge is 2.14. The first-order chi connectivity index (χ1) is 12.8. The Hall–Kier alpha value is -2.45. The standard InChI is InChI=1S/C19H26N4O3S/c1-3-15(4-2)19(24)23-16-7-10-18(22-13-16)21-12-11-14-5-8-17(9-6-14)27(20,25)26/h5-10,13,15H,3-4,11-12H2,1-2H3,(H,21,22)(H,23,24)(H2,20,25,26). The summed E-state index contributed by atoms with van der Waals surface area (Å²) in [5, 5.41) is 11.2. The van der Waals surface area contributed by atoms with E-state index < -0.39 is 10.0 Å². The van der Waals surface area contributed by atoms with Crippen LogP contribution in [0.15, 0.2) is 47.5 Å². The first kappa shape index (κ1) is 20.9. The van der Waals surface area contributed by atoms with Crippen molar-refractivity contribution in [2.24, 2.45) is 11.1 Å². The topological polar surface area (TPSA) is 114 Å². The molecule has 0 spiro atoms. The van der Waals surface area contributed by atoms with Gasteiger partial charge in [-0.1, -0.05) is 26.0 Å². The highest BCUT2D eigenvalue weighted by Crippen LogP contribution is 2.14. The molecule has 1 heterocycles. The second-order valence-electron chi connectivity index (χ2n) is 6.30. The van der Waals surface area contributed by atoms with Crippen molar-refractivity contribution in [2.45, 2.75) is 38.0 Å². The summed E-state index contributed by atoms with van der Waals surface area (Å²) in [6, 6.07) is 10.1. The van der Waals surface area contributed by atoms with E-state index in [0.717, 1.165) is 18.4 Å². The minimum absolute atomic E-state index is 0.0171. The van der Waals surface area contributed by atoms with Crippen molar-refractivity contribution >= 4 is 27.4 Å². The van der Waals surface area contributed by atoms with E-state index in [9.17, 15) is 13.2 Å². The molecule has 8 heteroatoms. The van der Waals surface area contributed by atoms with Crippen LogP contribution in [0.25, 0.3) is 0 Å². The lowest BCUT2D eigenvalue weighted by molar-refractivity contribution is -0.120. The van der Waals surface area contributed by atoms with Gasteiger partial charge in [-0.25, -0.2) is 18.5 Å². The number of nitrogens with zero attached hydrogens (tertiary/aromatic N) is 1. The molecular formula is C19H26N4O3S. The van der Waals surface area contributed by atoms with Gasteiger partial charge in [-0.05, 0) is 49.1 Å². The van der Waals surface area contributed by atoms with Crippen LogP contribution in [0.4, 0.5) is 11.5 Å². The van der Waals surface area contributed by atoms with Gasteiger partial charge in [0.1, 0.15) is 5.82 Å². The van der Waals surface area contributed by atoms with Gasteiger partial charge in [0, 0.05) is 12.5 Å². The van der Waals surface area contributed by atoms with Gasteiger partial charge in [-0.3, -0.25) is 4.79 Å². The average Bonchev–Trinajstić information content (AvgIpc) is 2.64. The molecule has 0 atom stereocenters. The molecule has 2 aromatic rings. The average molecular weight is 391 g/mol. The summed E-state index contributed by atoms with van der Waals surface area (Å²) in [7, 11) is -3.66. The zero-order valence-corrected chi connectivity index (χ0v) is 16.4. The number of hydrogen-bond donors (Lipinski definition) is 3. The first-order valence-corrected chi connectivity index (χ1v) is 10.5. The van der Waals surface area contributed by atoms with Crippen LogP contribution in [0.1, 0.15) is 32.3 Å². The third kappa shape index (κ3) is 6.33. The Bertz CT molecular complexity index is 846. The van der Waals surface area contributed by atoms with Crippen molar-refractivity contribution in [2.75, 3.05) is 17.2 Å². The molecule has 1 amide bonds. The maximum atomic E-state index is 12.1. The zero-order valence-electron chi connectivity index (χ0n) is 15.6. The molecule has 0 bridgehead atoms. The normalized spacial score (nSPS) is 11.4. The van der Waals surface area contributed by atoms with Crippen LogP contribution >= 0.6 is 0 Å². The first-order valence-electron chi connectivity index (χ1n) is 8.96. The number of aromatic nitrogens is 1. The molecule has 0 fully saturated rings. The van der Waals surface area contributed by atoms with Crippen molar-refractivity contribution in [3.63, 3.8) is 0 Å². The third-order valence-corrected chi connectivity index (χ3v) is 5.29. The monoisotopic (exact) mass is 390 g/mol. The van der Waals surface area contributed by atoms with Crippen LogP contribution in [0.3, 0.4) is 0 Å². The number of rotatable bonds is 9. The van der Waals surface area contributed by atoms with Gasteiger partial charge >= 0.3 is 0 Å². The summed E-state index contributed by atoms with van der Waals surface area (Å²) in [5.74, 6) is 0.741. The lowest BCUT2D eigenvalue weighted by Gasteiger charge is -2.13. The van der Waals surface area contributed by atoms with Gasteiger partial charge in [-0.2, -0.15) is 0 Å². The smallest absolute Gasteiger partial charge is 0.238 e. The van der Waals surface area contributed by atoms with E-state index in [-0.39, 0.29) is 16.7 Å². The minimum atomic E-state index is -3.66. The number of hydrogen-bond acceptors (Lipinski definition) is 5. The van der Waals surface area contributed by atoms with Crippen molar-refractivity contribution < 1.29 is 13.2 Å². The summed E-state index contributed by atoms with van der Waals surface area (Å²) < 4.78 is 22.5. The fourth-order valence-corrected chi connectivity index (χ4v) is 3.17. The predicted octanol–water partition coefficient (Wildman–Crippen LogP) is 2.76. The van der Waals surface area contributed by atoms with E-state index in [4.69, 9.17) is 5.14 Å². The summed E-state index contributed by atoms with van der Waals surface area (Å²) in [5.41, 5.74) is 1.67. The molecule has 0 aliphatic rings. The Labute approximate surface area is 160 Å². The predicted molar refractivity (Wildman–Crippen MR) is 107 cm³/mol. The number of pyridine rings is 1. The van der Waals surface area contributed by atoms with Crippen molar-refractivity contribution in [3.05, 3.63) is 48.2 Å². The maximum absolute atomic E-state index is 12.1. The molecule has 0 aliphatic carbocycles. The van der Waals surface area contributed by atoms with E-state index in [1.54, 1.807) is 18.3 Å². The molecule has 27 heavy (non-hydrogen) atoms. The molecule has 146 valence electrons. The molecule has 2 rings (SSSR count). The molecule has 1 aromatic heterocycles. The van der Waals surface area contributed by atoms with Crippen molar-refractivity contribution in [1.29, 1.82) is 0 Å². The summed E-state index contributed by atoms with van der Waals surface area (Å²) in [6.45, 7) is 4.64. The molecule has 0 unspecified atom stereocenters. The second-order valence-corrected chi connectivity index (χ2v) is 7.86. The Morgan fingerprint density at radius 3 is 2.30 bits per heavy atom. The fraction of sp³-hybridized carbons (Fsp3) is 0.368. The number of amides is 1. The van der Waals surface area contributed by atoms with Gasteiger partial charge in [0.2, 0.25) is 15.9 Å². The van der Waals surface area contributed by atoms with E-state index in [2.05, 4.69) is 15.6 Å². The van der Waals surface area contributed by atoms with Crippen LogP contribution in [-0.4, -0.2) is 25.9 Å². The van der Waals surface area contributed by atoms with Crippen LogP contribution < -0.4 is 15.8 Å². The van der Waals surface area contributed by atoms with E-state index in [1.807, 2.05) is 26.0 Å². The molecule has 0 radical (unpaired) electrons. The largest absolute Gasteiger partial charge is 0.370 e. The minimum Gasteiger partial charge on any atom is -0.370 e. The van der Waals surface area contributed by atoms with Crippen molar-refractivity contribution in [1.82, 2.24) is 4.98 Å². The molecule has 0 saturated heterocycles. The highest BCUT2D eigenvalue weighted by atomic mass is 32.2. The number of sulfonamides is 1. The van der Waals surface area contributed by atoms with Crippen LogP contribution in [-0.2, 0) is 21.2 Å². The lowest BCUT2D eigenvalue weighted by atomic mass is 10.0. The van der Waals surface area contributed by atoms with Gasteiger partial charge in [-0.15, -0.1) is 0 Å². The number of nitrogens with one attached hydrogen (secondary N) is 2. The van der Waals surface area contributed by atoms with Crippen LogP contribution in [0, 0.1) is 5.92 Å². The maximum Gasteiger partial charge on any atom is 0.238 e. The summed E-state index contributed by atoms with van der Waals surface area (Å²) >= 11 is 0. The lowest BCUT2D eigenvalue weighted by Crippen LogP contribution is -2.21. The quantitative estimate of drug-likeness (QED) is 0.609. The van der Waals surface area contributed by atoms with Gasteiger partial charge < -0.3 is 10.6 Å². The number of primary sulfonamides is 1. The Morgan fingerprint density at radius 1 is 1.11 bits per heavy atom. The van der Waals surface area contributed by atoms with Crippen LogP contribution in [0.2, 0.25) is 0 Å². The summed E-state index contributed by atoms with van der Waals surface area (Å²) in [4.78, 5) is 16.5. The van der Waals surface area contributed by atoms with Gasteiger partial charge in [0.15, 0.2) is 0 Å². The highest BCUT2D eigenvalue weighted by molar-refractivity contribution is 7.89. The number of carbonyl (C=O) groups excluding carboxylic acids is 1. The number of nitrogens with two attached hydrogens (primary N) is 1. The SMILES string of the molecule is CCC(CC)C(=O)Nc1ccc(NCCc2ccc(S(N)(=O)=O)cc2)nc1. The fourth-order valence-electron chi connectivity index (χ4n) is 2.66. The van der Waals surface area contributed by atoms with E-state index in [0.29, 0.717) is 24.5 Å². The molecular weight excluding hydrogens is 364 g/mol.